The van der Waals surface area contributed by atoms with E-state index in [1.165, 1.54) is 0 Å². The summed E-state index contributed by atoms with van der Waals surface area (Å²) in [7, 11) is 0. The molecule has 0 saturated carbocycles. The number of nitrogens with zero attached hydrogens (tertiary/aromatic N) is 7. The molecule has 2 aromatic rings. The zero-order valence-corrected chi connectivity index (χ0v) is 17.4. The molecule has 0 spiro atoms. The summed E-state index contributed by atoms with van der Waals surface area (Å²) in [6, 6.07) is 0. The molecule has 12 heteroatoms. The Kier molecular flexibility index (Phi) is 7.22. The van der Waals surface area contributed by atoms with Gasteiger partial charge in [-0.05, 0) is 12.8 Å². The summed E-state index contributed by atoms with van der Waals surface area (Å²) in [4.78, 5) is 29.5. The molecule has 0 bridgehead atoms. The first-order valence-electron chi connectivity index (χ1n) is 10.6. The maximum absolute atomic E-state index is 11.1. The maximum atomic E-state index is 11.1. The maximum Gasteiger partial charge on any atom is 0.243 e. The number of unbranched alkanes of at least 4 members (excludes halogenated alkanes) is 1. The van der Waals surface area contributed by atoms with Gasteiger partial charge >= 0.3 is 0 Å². The van der Waals surface area contributed by atoms with Crippen molar-refractivity contribution in [3.05, 3.63) is 12.4 Å². The first-order chi connectivity index (χ1) is 15.2. The van der Waals surface area contributed by atoms with Crippen molar-refractivity contribution in [1.82, 2.24) is 30.2 Å². The van der Waals surface area contributed by atoms with Gasteiger partial charge in [0.05, 0.1) is 38.2 Å². The topological polar surface area (TPSA) is 131 Å². The third kappa shape index (κ3) is 5.66. The highest BCUT2D eigenvalue weighted by molar-refractivity contribution is 5.74. The Balaban J connectivity index is 1.51. The van der Waals surface area contributed by atoms with E-state index >= 15 is 0 Å². The van der Waals surface area contributed by atoms with Crippen molar-refractivity contribution in [2.75, 3.05) is 62.4 Å². The summed E-state index contributed by atoms with van der Waals surface area (Å²) in [5, 5.41) is 13.0. The number of hydroxylamine groups is 1. The summed E-state index contributed by atoms with van der Waals surface area (Å²) in [6.45, 7) is 6.25. The molecule has 0 atom stereocenters. The van der Waals surface area contributed by atoms with Gasteiger partial charge in [0, 0.05) is 45.3 Å². The lowest BCUT2D eigenvalue weighted by atomic mass is 10.2. The number of hydrogen-bond donors (Lipinski definition) is 2. The molecule has 2 N–H and O–H groups in total. The number of ether oxygens (including phenoxy) is 2. The van der Waals surface area contributed by atoms with Gasteiger partial charge in [0.25, 0.3) is 0 Å². The molecule has 0 aliphatic carbocycles. The Morgan fingerprint density at radius 3 is 2.16 bits per heavy atom. The summed E-state index contributed by atoms with van der Waals surface area (Å²) < 4.78 is 12.7. The molecule has 2 fully saturated rings. The van der Waals surface area contributed by atoms with E-state index in [0.717, 1.165) is 38.2 Å². The molecule has 4 heterocycles. The highest BCUT2D eigenvalue weighted by Crippen LogP contribution is 2.22. The van der Waals surface area contributed by atoms with E-state index in [9.17, 15) is 4.79 Å². The van der Waals surface area contributed by atoms with Crippen LogP contribution in [0.4, 0.5) is 11.9 Å². The highest BCUT2D eigenvalue weighted by Gasteiger charge is 2.21. The molecule has 31 heavy (non-hydrogen) atoms. The lowest BCUT2D eigenvalue weighted by Crippen LogP contribution is -2.40. The molecular formula is C19H28N8O4. The minimum atomic E-state index is -0.377. The largest absolute Gasteiger partial charge is 0.378 e. The number of rotatable bonds is 8. The Morgan fingerprint density at radius 1 is 0.968 bits per heavy atom. The van der Waals surface area contributed by atoms with E-state index in [1.807, 2.05) is 10.9 Å². The standard InChI is InChI=1S/C19H28N8O4/c28-16(24-29)3-1-2-4-27-14-15(13-20-27)17-21-18(25-5-9-30-10-6-25)23-19(22-17)26-7-11-31-12-8-26/h13-14,29H,1-12H2,(H,24,28). The zero-order chi connectivity index (χ0) is 21.5. The van der Waals surface area contributed by atoms with Crippen molar-refractivity contribution >= 4 is 17.8 Å². The van der Waals surface area contributed by atoms with E-state index in [1.54, 1.807) is 11.7 Å². The fraction of sp³-hybridized carbons (Fsp3) is 0.632. The van der Waals surface area contributed by atoms with Gasteiger partial charge in [-0.2, -0.15) is 20.1 Å². The van der Waals surface area contributed by atoms with Crippen LogP contribution in [0.5, 0.6) is 0 Å². The highest BCUT2D eigenvalue weighted by atomic mass is 16.5. The van der Waals surface area contributed by atoms with Crippen LogP contribution in [0.2, 0.25) is 0 Å². The van der Waals surface area contributed by atoms with Gasteiger partial charge in [-0.1, -0.05) is 0 Å². The molecular weight excluding hydrogens is 404 g/mol. The van der Waals surface area contributed by atoms with E-state index in [2.05, 4.69) is 14.9 Å². The summed E-state index contributed by atoms with van der Waals surface area (Å²) in [5.41, 5.74) is 2.47. The van der Waals surface area contributed by atoms with E-state index in [4.69, 9.17) is 29.6 Å². The zero-order valence-electron chi connectivity index (χ0n) is 17.4. The van der Waals surface area contributed by atoms with Gasteiger partial charge < -0.3 is 19.3 Å². The van der Waals surface area contributed by atoms with E-state index in [-0.39, 0.29) is 12.3 Å². The smallest absolute Gasteiger partial charge is 0.243 e. The number of hydrogen-bond acceptors (Lipinski definition) is 10. The van der Waals surface area contributed by atoms with Crippen LogP contribution in [0.15, 0.2) is 12.4 Å². The van der Waals surface area contributed by atoms with Crippen LogP contribution in [-0.2, 0) is 20.8 Å². The Bertz CT molecular complexity index is 828. The van der Waals surface area contributed by atoms with E-state index < -0.39 is 0 Å². The predicted molar refractivity (Wildman–Crippen MR) is 111 cm³/mol. The van der Waals surface area contributed by atoms with Crippen LogP contribution < -0.4 is 15.3 Å². The molecule has 0 unspecified atom stereocenters. The molecule has 2 saturated heterocycles. The fourth-order valence-corrected chi connectivity index (χ4v) is 3.51. The molecule has 0 radical (unpaired) electrons. The minimum Gasteiger partial charge on any atom is -0.378 e. The third-order valence-electron chi connectivity index (χ3n) is 5.26. The third-order valence-corrected chi connectivity index (χ3v) is 5.26. The molecule has 2 aliphatic rings. The number of aryl methyl sites for hydroxylation is 1. The summed E-state index contributed by atoms with van der Waals surface area (Å²) in [6.07, 6.45) is 5.37. The van der Waals surface area contributed by atoms with Crippen LogP contribution >= 0.6 is 0 Å². The van der Waals surface area contributed by atoms with Crippen molar-refractivity contribution in [3.63, 3.8) is 0 Å². The normalized spacial score (nSPS) is 17.1. The number of anilines is 2. The second-order valence-corrected chi connectivity index (χ2v) is 7.44. The van der Waals surface area contributed by atoms with Gasteiger partial charge in [0.1, 0.15) is 0 Å². The molecule has 0 aromatic carbocycles. The van der Waals surface area contributed by atoms with Gasteiger partial charge in [-0.15, -0.1) is 0 Å². The van der Waals surface area contributed by atoms with Crippen LogP contribution in [0.1, 0.15) is 19.3 Å². The summed E-state index contributed by atoms with van der Waals surface area (Å²) >= 11 is 0. The van der Waals surface area contributed by atoms with Crippen molar-refractivity contribution in [1.29, 1.82) is 0 Å². The quantitative estimate of drug-likeness (QED) is 0.336. The lowest BCUT2D eigenvalue weighted by molar-refractivity contribution is -0.129. The van der Waals surface area contributed by atoms with Gasteiger partial charge in [0.15, 0.2) is 5.82 Å². The minimum absolute atomic E-state index is 0.282. The molecule has 12 nitrogen and oxygen atoms in total. The second kappa shape index (κ2) is 10.5. The average Bonchev–Trinajstić information content (AvgIpc) is 3.31. The predicted octanol–water partition coefficient (Wildman–Crippen LogP) is 0.0840. The number of carbonyl (C=O) groups excluding carboxylic acids is 1. The van der Waals surface area contributed by atoms with Crippen molar-refractivity contribution in [2.45, 2.75) is 25.8 Å². The average molecular weight is 432 g/mol. The first-order valence-corrected chi connectivity index (χ1v) is 10.6. The number of morpholine rings is 2. The van der Waals surface area contributed by atoms with Crippen LogP contribution in [0.3, 0.4) is 0 Å². The van der Waals surface area contributed by atoms with Gasteiger partial charge in [-0.25, -0.2) is 5.48 Å². The molecule has 168 valence electrons. The number of nitrogens with one attached hydrogen (secondary N) is 1. The van der Waals surface area contributed by atoms with Crippen molar-refractivity contribution in [3.8, 4) is 11.4 Å². The SMILES string of the molecule is O=C(CCCCn1cc(-c2nc(N3CCOCC3)nc(N3CCOCC3)n2)cn1)NO. The lowest BCUT2D eigenvalue weighted by Gasteiger charge is -2.30. The Hall–Kier alpha value is -2.83. The Morgan fingerprint density at radius 2 is 1.58 bits per heavy atom. The number of carbonyl (C=O) groups is 1. The molecule has 2 aliphatic heterocycles. The number of aromatic nitrogens is 5. The molecule has 1 amide bonds. The van der Waals surface area contributed by atoms with Gasteiger partial charge in [-0.3, -0.25) is 14.7 Å². The van der Waals surface area contributed by atoms with Crippen LogP contribution in [0, 0.1) is 0 Å². The van der Waals surface area contributed by atoms with Crippen molar-refractivity contribution < 1.29 is 19.5 Å². The van der Waals surface area contributed by atoms with Crippen molar-refractivity contribution in [2.24, 2.45) is 0 Å². The Labute approximate surface area is 180 Å². The fourth-order valence-electron chi connectivity index (χ4n) is 3.51. The number of amides is 1. The van der Waals surface area contributed by atoms with E-state index in [0.29, 0.717) is 57.1 Å². The first kappa shape index (κ1) is 21.4. The monoisotopic (exact) mass is 432 g/mol. The van der Waals surface area contributed by atoms with Gasteiger partial charge in [0.2, 0.25) is 17.8 Å². The summed E-state index contributed by atoms with van der Waals surface area (Å²) in [5.74, 6) is 1.51. The second-order valence-electron chi connectivity index (χ2n) is 7.44. The molecule has 2 aromatic heterocycles. The van der Waals surface area contributed by atoms with Crippen LogP contribution in [-0.4, -0.2) is 88.5 Å². The molecule has 4 rings (SSSR count). The van der Waals surface area contributed by atoms with Crippen LogP contribution in [0.25, 0.3) is 11.4 Å².